The summed E-state index contributed by atoms with van der Waals surface area (Å²) in [5.74, 6) is 2.43. The zero-order chi connectivity index (χ0) is 15.5. The summed E-state index contributed by atoms with van der Waals surface area (Å²) in [4.78, 5) is 12.3. The SMILES string of the molecule is COc1cc(Cl)ccc1CNC(=O)[C@@H]1C[C@H]1C1CCNCC1. The summed E-state index contributed by atoms with van der Waals surface area (Å²) >= 11 is 5.95. The molecule has 2 fully saturated rings. The molecule has 0 aromatic heterocycles. The van der Waals surface area contributed by atoms with E-state index in [4.69, 9.17) is 16.3 Å². The minimum atomic E-state index is 0.181. The molecular formula is C17H23ClN2O2. The third-order valence-electron chi connectivity index (χ3n) is 4.87. The van der Waals surface area contributed by atoms with Crippen molar-refractivity contribution < 1.29 is 9.53 Å². The van der Waals surface area contributed by atoms with Crippen LogP contribution in [0.25, 0.3) is 0 Å². The third-order valence-corrected chi connectivity index (χ3v) is 5.10. The average Bonchev–Trinajstić information content (AvgIpc) is 3.35. The molecule has 1 aromatic rings. The van der Waals surface area contributed by atoms with Gasteiger partial charge in [0.2, 0.25) is 5.91 Å². The summed E-state index contributed by atoms with van der Waals surface area (Å²) in [6.07, 6.45) is 3.47. The van der Waals surface area contributed by atoms with Crippen LogP contribution in [0.5, 0.6) is 5.75 Å². The number of piperidine rings is 1. The van der Waals surface area contributed by atoms with Crippen molar-refractivity contribution in [2.75, 3.05) is 20.2 Å². The summed E-state index contributed by atoms with van der Waals surface area (Å²) in [5, 5.41) is 7.07. The number of carbonyl (C=O) groups is 1. The number of hydrogen-bond acceptors (Lipinski definition) is 3. The van der Waals surface area contributed by atoms with Gasteiger partial charge < -0.3 is 15.4 Å². The number of methoxy groups -OCH3 is 1. The van der Waals surface area contributed by atoms with Crippen molar-refractivity contribution in [2.45, 2.75) is 25.8 Å². The molecule has 1 saturated carbocycles. The maximum absolute atomic E-state index is 12.3. The van der Waals surface area contributed by atoms with Gasteiger partial charge in [0.15, 0.2) is 0 Å². The number of carbonyl (C=O) groups excluding carboxylic acids is 1. The Morgan fingerprint density at radius 3 is 2.91 bits per heavy atom. The summed E-state index contributed by atoms with van der Waals surface area (Å²) in [6.45, 7) is 2.68. The largest absolute Gasteiger partial charge is 0.496 e. The highest BCUT2D eigenvalue weighted by Crippen LogP contribution is 2.47. The van der Waals surface area contributed by atoms with Gasteiger partial charge >= 0.3 is 0 Å². The minimum Gasteiger partial charge on any atom is -0.496 e. The van der Waals surface area contributed by atoms with Crippen LogP contribution in [0.3, 0.4) is 0 Å². The van der Waals surface area contributed by atoms with E-state index in [0.717, 1.165) is 36.7 Å². The van der Waals surface area contributed by atoms with E-state index in [1.165, 1.54) is 12.8 Å². The molecule has 1 amide bonds. The number of amides is 1. The molecule has 22 heavy (non-hydrogen) atoms. The standard InChI is InChI=1S/C17H23ClN2O2/c1-22-16-8-13(18)3-2-12(16)10-20-17(21)15-9-14(15)11-4-6-19-7-5-11/h2-3,8,11,14-15,19H,4-7,9-10H2,1H3,(H,20,21)/t14-,15+/m0/s1. The fraction of sp³-hybridized carbons (Fsp3) is 0.588. The average molecular weight is 323 g/mol. The number of nitrogens with one attached hydrogen (secondary N) is 2. The van der Waals surface area contributed by atoms with Crippen molar-refractivity contribution >= 4 is 17.5 Å². The van der Waals surface area contributed by atoms with E-state index in [9.17, 15) is 4.79 Å². The molecule has 4 nitrogen and oxygen atoms in total. The Hall–Kier alpha value is -1.26. The number of benzene rings is 1. The molecule has 120 valence electrons. The quantitative estimate of drug-likeness (QED) is 0.876. The predicted octanol–water partition coefficient (Wildman–Crippen LogP) is 2.60. The van der Waals surface area contributed by atoms with Crippen LogP contribution in [0, 0.1) is 17.8 Å². The lowest BCUT2D eigenvalue weighted by molar-refractivity contribution is -0.123. The second-order valence-corrected chi connectivity index (χ2v) is 6.70. The second kappa shape index (κ2) is 6.88. The third kappa shape index (κ3) is 3.55. The van der Waals surface area contributed by atoms with Gasteiger partial charge in [0.1, 0.15) is 5.75 Å². The van der Waals surface area contributed by atoms with Crippen molar-refractivity contribution in [3.8, 4) is 5.75 Å². The van der Waals surface area contributed by atoms with Crippen LogP contribution < -0.4 is 15.4 Å². The van der Waals surface area contributed by atoms with Gasteiger partial charge in [0.25, 0.3) is 0 Å². The fourth-order valence-corrected chi connectivity index (χ4v) is 3.65. The molecule has 2 N–H and O–H groups in total. The first-order valence-electron chi connectivity index (χ1n) is 8.00. The molecule has 3 rings (SSSR count). The Kier molecular flexibility index (Phi) is 4.89. The molecule has 0 unspecified atom stereocenters. The summed E-state index contributed by atoms with van der Waals surface area (Å²) < 4.78 is 5.31. The summed E-state index contributed by atoms with van der Waals surface area (Å²) in [7, 11) is 1.62. The first-order chi connectivity index (χ1) is 10.7. The summed E-state index contributed by atoms with van der Waals surface area (Å²) in [6, 6.07) is 5.50. The highest BCUT2D eigenvalue weighted by Gasteiger charge is 2.47. The van der Waals surface area contributed by atoms with Crippen LogP contribution in [0.2, 0.25) is 5.02 Å². The van der Waals surface area contributed by atoms with Crippen LogP contribution >= 0.6 is 11.6 Å². The van der Waals surface area contributed by atoms with Gasteiger partial charge in [-0.15, -0.1) is 0 Å². The fourth-order valence-electron chi connectivity index (χ4n) is 3.49. The Bertz CT molecular complexity index is 543. The summed E-state index contributed by atoms with van der Waals surface area (Å²) in [5.41, 5.74) is 0.958. The van der Waals surface area contributed by atoms with Crippen LogP contribution in [-0.2, 0) is 11.3 Å². The van der Waals surface area contributed by atoms with Crippen LogP contribution in [-0.4, -0.2) is 26.1 Å². The molecule has 1 aliphatic carbocycles. The highest BCUT2D eigenvalue weighted by molar-refractivity contribution is 6.30. The van der Waals surface area contributed by atoms with Crippen LogP contribution in [0.15, 0.2) is 18.2 Å². The van der Waals surface area contributed by atoms with Gasteiger partial charge in [0.05, 0.1) is 7.11 Å². The smallest absolute Gasteiger partial charge is 0.223 e. The van der Waals surface area contributed by atoms with E-state index >= 15 is 0 Å². The monoisotopic (exact) mass is 322 g/mol. The van der Waals surface area contributed by atoms with E-state index in [-0.39, 0.29) is 11.8 Å². The van der Waals surface area contributed by atoms with E-state index in [1.54, 1.807) is 13.2 Å². The van der Waals surface area contributed by atoms with Crippen molar-refractivity contribution in [3.05, 3.63) is 28.8 Å². The second-order valence-electron chi connectivity index (χ2n) is 6.27. The van der Waals surface area contributed by atoms with Gasteiger partial charge in [-0.3, -0.25) is 4.79 Å². The molecule has 2 atom stereocenters. The molecule has 1 saturated heterocycles. The number of hydrogen-bond donors (Lipinski definition) is 2. The minimum absolute atomic E-state index is 0.181. The van der Waals surface area contributed by atoms with Gasteiger partial charge in [0, 0.05) is 23.0 Å². The molecule has 0 spiro atoms. The van der Waals surface area contributed by atoms with E-state index in [2.05, 4.69) is 10.6 Å². The first kappa shape index (κ1) is 15.6. The van der Waals surface area contributed by atoms with Gasteiger partial charge in [-0.1, -0.05) is 17.7 Å². The van der Waals surface area contributed by atoms with Crippen molar-refractivity contribution in [2.24, 2.45) is 17.8 Å². The molecule has 1 heterocycles. The molecule has 5 heteroatoms. The highest BCUT2D eigenvalue weighted by atomic mass is 35.5. The zero-order valence-corrected chi connectivity index (χ0v) is 13.7. The normalized spacial score (nSPS) is 24.8. The first-order valence-corrected chi connectivity index (χ1v) is 8.37. The van der Waals surface area contributed by atoms with Crippen LogP contribution in [0.4, 0.5) is 0 Å². The van der Waals surface area contributed by atoms with Gasteiger partial charge in [-0.2, -0.15) is 0 Å². The Morgan fingerprint density at radius 2 is 2.18 bits per heavy atom. The molecular weight excluding hydrogens is 300 g/mol. The Morgan fingerprint density at radius 1 is 1.41 bits per heavy atom. The van der Waals surface area contributed by atoms with E-state index in [1.807, 2.05) is 12.1 Å². The predicted molar refractivity (Wildman–Crippen MR) is 87.0 cm³/mol. The van der Waals surface area contributed by atoms with Gasteiger partial charge in [-0.25, -0.2) is 0 Å². The Balaban J connectivity index is 1.51. The molecule has 1 aliphatic heterocycles. The van der Waals surface area contributed by atoms with Gasteiger partial charge in [-0.05, 0) is 56.3 Å². The molecule has 0 bridgehead atoms. The molecule has 1 aromatic carbocycles. The number of halogens is 1. The lowest BCUT2D eigenvalue weighted by Gasteiger charge is -2.22. The molecule has 2 aliphatic rings. The number of rotatable bonds is 5. The maximum Gasteiger partial charge on any atom is 0.223 e. The lowest BCUT2D eigenvalue weighted by atomic mass is 9.92. The van der Waals surface area contributed by atoms with Crippen molar-refractivity contribution in [1.82, 2.24) is 10.6 Å². The Labute approximate surface area is 136 Å². The van der Waals surface area contributed by atoms with Crippen molar-refractivity contribution in [1.29, 1.82) is 0 Å². The topological polar surface area (TPSA) is 50.4 Å². The van der Waals surface area contributed by atoms with Crippen molar-refractivity contribution in [3.63, 3.8) is 0 Å². The lowest BCUT2D eigenvalue weighted by Crippen LogP contribution is -2.31. The van der Waals surface area contributed by atoms with E-state index in [0.29, 0.717) is 17.5 Å². The maximum atomic E-state index is 12.3. The van der Waals surface area contributed by atoms with E-state index < -0.39 is 0 Å². The number of ether oxygens (including phenoxy) is 1. The zero-order valence-electron chi connectivity index (χ0n) is 12.9. The molecule has 0 radical (unpaired) electrons. The van der Waals surface area contributed by atoms with Crippen LogP contribution in [0.1, 0.15) is 24.8 Å².